The molecule has 1 aliphatic heterocycles. The number of carbonyl (C=O) groups is 2. The molecule has 1 unspecified atom stereocenters. The minimum absolute atomic E-state index is 0.258. The number of aliphatic hydroxyl groups excluding tert-OH is 1. The lowest BCUT2D eigenvalue weighted by atomic mass is 9.96. The molecule has 38 heavy (non-hydrogen) atoms. The van der Waals surface area contributed by atoms with Gasteiger partial charge >= 0.3 is 5.97 Å². The number of carbonyl (C=O) groups excluding carboxylic acids is 2. The highest BCUT2D eigenvalue weighted by molar-refractivity contribution is 6.31. The Morgan fingerprint density at radius 3 is 2.13 bits per heavy atom. The van der Waals surface area contributed by atoms with E-state index in [2.05, 4.69) is 5.32 Å². The van der Waals surface area contributed by atoms with E-state index in [4.69, 9.17) is 27.9 Å². The first-order valence-electron chi connectivity index (χ1n) is 12.0. The molecule has 8 heteroatoms. The van der Waals surface area contributed by atoms with Gasteiger partial charge in [-0.1, -0.05) is 65.7 Å². The quantitative estimate of drug-likeness (QED) is 0.247. The largest absolute Gasteiger partial charge is 0.429 e. The molecule has 2 heterocycles. The number of para-hydroxylation sites is 1. The lowest BCUT2D eigenvalue weighted by Gasteiger charge is -2.15. The summed E-state index contributed by atoms with van der Waals surface area (Å²) in [5.74, 6) is -0.828. The zero-order valence-electron chi connectivity index (χ0n) is 20.4. The van der Waals surface area contributed by atoms with Crippen LogP contribution in [0, 0.1) is 6.92 Å². The van der Waals surface area contributed by atoms with Crippen molar-refractivity contribution in [1.82, 2.24) is 4.57 Å². The molecule has 0 radical (unpaired) electrons. The van der Waals surface area contributed by atoms with E-state index in [0.717, 1.165) is 28.1 Å². The van der Waals surface area contributed by atoms with Crippen molar-refractivity contribution >= 4 is 40.8 Å². The average Bonchev–Trinajstić information content (AvgIpc) is 3.38. The van der Waals surface area contributed by atoms with E-state index in [1.54, 1.807) is 24.3 Å². The Hall–Kier alpha value is -3.84. The van der Waals surface area contributed by atoms with Crippen LogP contribution in [-0.2, 0) is 16.1 Å². The first kappa shape index (κ1) is 25.8. The van der Waals surface area contributed by atoms with Crippen LogP contribution in [0.15, 0.2) is 90.5 Å². The Labute approximate surface area is 230 Å². The summed E-state index contributed by atoms with van der Waals surface area (Å²) < 4.78 is 6.89. The number of rotatable bonds is 7. The monoisotopic (exact) mass is 546 g/mol. The van der Waals surface area contributed by atoms with Crippen molar-refractivity contribution in [3.8, 4) is 22.4 Å². The fourth-order valence-electron chi connectivity index (χ4n) is 4.69. The zero-order chi connectivity index (χ0) is 26.8. The molecular formula is C30H24Cl2N2O4. The Bertz CT molecular complexity index is 1530. The highest BCUT2D eigenvalue weighted by Gasteiger charge is 2.29. The van der Waals surface area contributed by atoms with Gasteiger partial charge in [0.05, 0.1) is 11.3 Å². The van der Waals surface area contributed by atoms with Crippen LogP contribution >= 0.6 is 23.2 Å². The number of esters is 1. The molecule has 1 aliphatic rings. The molecule has 0 spiro atoms. The summed E-state index contributed by atoms with van der Waals surface area (Å²) in [7, 11) is 0. The first-order valence-corrected chi connectivity index (χ1v) is 12.8. The van der Waals surface area contributed by atoms with Gasteiger partial charge in [0.1, 0.15) is 0 Å². The van der Waals surface area contributed by atoms with Crippen LogP contribution in [0.25, 0.3) is 22.4 Å². The van der Waals surface area contributed by atoms with Crippen LogP contribution in [0.3, 0.4) is 0 Å². The number of halogens is 2. The number of nitrogens with zero attached hydrogens (tertiary/aromatic N) is 1. The third-order valence-electron chi connectivity index (χ3n) is 6.50. The van der Waals surface area contributed by atoms with E-state index in [9.17, 15) is 14.7 Å². The molecule has 6 nitrogen and oxygen atoms in total. The van der Waals surface area contributed by atoms with E-state index < -0.39 is 12.3 Å². The van der Waals surface area contributed by atoms with Gasteiger partial charge < -0.3 is 19.7 Å². The fraction of sp³-hybridized carbons (Fsp3) is 0.133. The molecule has 1 amide bonds. The summed E-state index contributed by atoms with van der Waals surface area (Å²) in [5, 5.41) is 14.3. The van der Waals surface area contributed by atoms with Crippen molar-refractivity contribution in [2.24, 2.45) is 0 Å². The fourth-order valence-corrected chi connectivity index (χ4v) is 4.95. The Balaban J connectivity index is 1.70. The van der Waals surface area contributed by atoms with Gasteiger partial charge in [-0.2, -0.15) is 0 Å². The van der Waals surface area contributed by atoms with Gasteiger partial charge in [0.2, 0.25) is 6.29 Å². The van der Waals surface area contributed by atoms with E-state index >= 15 is 0 Å². The molecule has 4 aromatic rings. The van der Waals surface area contributed by atoms with Gasteiger partial charge in [0.25, 0.3) is 5.91 Å². The number of ether oxygens (including phenoxy) is 1. The maximum Gasteiger partial charge on any atom is 0.333 e. The van der Waals surface area contributed by atoms with Crippen molar-refractivity contribution in [2.45, 2.75) is 26.2 Å². The summed E-state index contributed by atoms with van der Waals surface area (Å²) in [6.07, 6.45) is 0.395. The number of aromatic nitrogens is 1. The van der Waals surface area contributed by atoms with Crippen molar-refractivity contribution < 1.29 is 19.4 Å². The summed E-state index contributed by atoms with van der Waals surface area (Å²) >= 11 is 12.4. The van der Waals surface area contributed by atoms with Gasteiger partial charge in [-0.15, -0.1) is 0 Å². The van der Waals surface area contributed by atoms with Crippen LogP contribution in [0.5, 0.6) is 0 Å². The van der Waals surface area contributed by atoms with Gasteiger partial charge in [-0.05, 0) is 60.9 Å². The molecule has 5 rings (SSSR count). The second-order valence-electron chi connectivity index (χ2n) is 8.93. The van der Waals surface area contributed by atoms with Gasteiger partial charge in [0, 0.05) is 45.2 Å². The molecular weight excluding hydrogens is 523 g/mol. The van der Waals surface area contributed by atoms with E-state index in [1.807, 2.05) is 66.1 Å². The normalized spacial score (nSPS) is 14.8. The Morgan fingerprint density at radius 1 is 0.947 bits per heavy atom. The molecule has 1 aromatic heterocycles. The SMILES string of the molecule is Cc1c(C(=O)Nc2ccccc2)c(-c2ccc(Cl)cc2)c(-c2ccc(Cl)cc2)n1CCC1=CC(=O)OC1O. The maximum absolute atomic E-state index is 13.8. The smallest absolute Gasteiger partial charge is 0.333 e. The standard InChI is InChI=1S/C30H24Cl2N2O4/c1-18-26(29(36)33-24-5-3-2-4-6-24)27(19-7-11-22(31)12-8-19)28(20-9-13-23(32)14-10-20)34(18)16-15-21-17-25(35)38-30(21)37/h2-14,17,30,37H,15-16H2,1H3,(H,33,36). The van der Waals surface area contributed by atoms with E-state index in [-0.39, 0.29) is 5.91 Å². The van der Waals surface area contributed by atoms with Crippen LogP contribution < -0.4 is 5.32 Å². The molecule has 1 atom stereocenters. The molecule has 2 N–H and O–H groups in total. The van der Waals surface area contributed by atoms with Crippen LogP contribution in [0.4, 0.5) is 5.69 Å². The first-order chi connectivity index (χ1) is 18.3. The number of hydrogen-bond acceptors (Lipinski definition) is 4. The second-order valence-corrected chi connectivity index (χ2v) is 9.80. The minimum atomic E-state index is -1.27. The van der Waals surface area contributed by atoms with Crippen molar-refractivity contribution in [3.63, 3.8) is 0 Å². The van der Waals surface area contributed by atoms with Crippen LogP contribution in [0.2, 0.25) is 10.0 Å². The van der Waals surface area contributed by atoms with Crippen molar-refractivity contribution in [3.05, 3.63) is 112 Å². The zero-order valence-corrected chi connectivity index (χ0v) is 22.0. The predicted molar refractivity (Wildman–Crippen MR) is 149 cm³/mol. The molecule has 0 saturated heterocycles. The number of benzene rings is 3. The predicted octanol–water partition coefficient (Wildman–Crippen LogP) is 6.88. The number of hydrogen-bond donors (Lipinski definition) is 2. The topological polar surface area (TPSA) is 80.6 Å². The van der Waals surface area contributed by atoms with Crippen LogP contribution in [0.1, 0.15) is 22.5 Å². The number of amides is 1. The second kappa shape index (κ2) is 10.9. The van der Waals surface area contributed by atoms with Gasteiger partial charge in [-0.25, -0.2) is 4.79 Å². The lowest BCUT2D eigenvalue weighted by molar-refractivity contribution is -0.151. The van der Waals surface area contributed by atoms with Crippen molar-refractivity contribution in [2.75, 3.05) is 5.32 Å². The Morgan fingerprint density at radius 2 is 1.55 bits per heavy atom. The summed E-state index contributed by atoms with van der Waals surface area (Å²) in [6.45, 7) is 2.28. The van der Waals surface area contributed by atoms with E-state index in [1.165, 1.54) is 6.08 Å². The molecule has 3 aromatic carbocycles. The minimum Gasteiger partial charge on any atom is -0.429 e. The summed E-state index contributed by atoms with van der Waals surface area (Å²) in [5.41, 5.74) is 5.61. The third kappa shape index (κ3) is 5.24. The molecule has 0 aliphatic carbocycles. The van der Waals surface area contributed by atoms with Gasteiger partial charge in [-0.3, -0.25) is 4.79 Å². The highest BCUT2D eigenvalue weighted by Crippen LogP contribution is 2.41. The van der Waals surface area contributed by atoms with E-state index in [0.29, 0.717) is 39.8 Å². The molecule has 192 valence electrons. The molecule has 0 saturated carbocycles. The number of anilines is 1. The highest BCUT2D eigenvalue weighted by atomic mass is 35.5. The third-order valence-corrected chi connectivity index (χ3v) is 7.01. The maximum atomic E-state index is 13.8. The number of aliphatic hydroxyl groups is 1. The Kier molecular flexibility index (Phi) is 7.38. The molecule has 0 bridgehead atoms. The lowest BCUT2D eigenvalue weighted by Crippen LogP contribution is -2.15. The number of cyclic esters (lactones) is 1. The average molecular weight is 547 g/mol. The summed E-state index contributed by atoms with van der Waals surface area (Å²) in [6, 6.07) is 24.0. The van der Waals surface area contributed by atoms with Crippen LogP contribution in [-0.4, -0.2) is 27.8 Å². The van der Waals surface area contributed by atoms with Gasteiger partial charge in [0.15, 0.2) is 0 Å². The number of nitrogens with one attached hydrogen (secondary N) is 1. The van der Waals surface area contributed by atoms with Crippen molar-refractivity contribution in [1.29, 1.82) is 0 Å². The summed E-state index contributed by atoms with van der Waals surface area (Å²) in [4.78, 5) is 25.5. The molecule has 0 fully saturated rings.